The SMILES string of the molecule is COC1(OC)CCC2=C(CCC3C2=CC[C@@]2(C)C3CC[C@@]23CO3)C1. The van der Waals surface area contributed by atoms with Gasteiger partial charge in [-0.15, -0.1) is 0 Å². The third-order valence-corrected chi connectivity index (χ3v) is 8.36. The van der Waals surface area contributed by atoms with Crippen molar-refractivity contribution in [1.29, 1.82) is 0 Å². The lowest BCUT2D eigenvalue weighted by atomic mass is 9.57. The van der Waals surface area contributed by atoms with E-state index in [1.165, 1.54) is 32.1 Å². The van der Waals surface area contributed by atoms with Gasteiger partial charge in [0.05, 0.1) is 12.2 Å². The highest BCUT2D eigenvalue weighted by Crippen LogP contribution is 2.67. The van der Waals surface area contributed by atoms with E-state index in [1.807, 2.05) is 0 Å². The van der Waals surface area contributed by atoms with E-state index in [0.29, 0.717) is 5.41 Å². The summed E-state index contributed by atoms with van der Waals surface area (Å²) in [4.78, 5) is 0. The van der Waals surface area contributed by atoms with Crippen LogP contribution in [-0.4, -0.2) is 32.2 Å². The van der Waals surface area contributed by atoms with Crippen molar-refractivity contribution in [1.82, 2.24) is 0 Å². The van der Waals surface area contributed by atoms with E-state index < -0.39 is 0 Å². The Labute approximate surface area is 145 Å². The van der Waals surface area contributed by atoms with Crippen molar-refractivity contribution in [2.75, 3.05) is 20.8 Å². The molecule has 0 aromatic heterocycles. The maximum atomic E-state index is 6.00. The van der Waals surface area contributed by atoms with Gasteiger partial charge in [-0.1, -0.05) is 18.6 Å². The summed E-state index contributed by atoms with van der Waals surface area (Å²) >= 11 is 0. The Hall–Kier alpha value is -0.640. The molecule has 4 atom stereocenters. The van der Waals surface area contributed by atoms with Crippen LogP contribution >= 0.6 is 0 Å². The molecule has 0 amide bonds. The standard InChI is InChI=1S/C21H30O3/c1-19-9-6-16-15-7-11-21(22-2,23-3)12-14(15)4-5-17(16)18(19)8-10-20(19)13-24-20/h6,17-18H,4-5,7-13H2,1-3H3/t17?,18?,19-,20+/m0/s1. The maximum absolute atomic E-state index is 6.00. The molecule has 0 aromatic carbocycles. The Morgan fingerprint density at radius 1 is 1.12 bits per heavy atom. The lowest BCUT2D eigenvalue weighted by Crippen LogP contribution is -2.44. The molecule has 4 aliphatic carbocycles. The van der Waals surface area contributed by atoms with Crippen LogP contribution in [0.2, 0.25) is 0 Å². The van der Waals surface area contributed by atoms with Gasteiger partial charge < -0.3 is 14.2 Å². The van der Waals surface area contributed by atoms with Crippen molar-refractivity contribution in [2.45, 2.75) is 69.7 Å². The molecule has 0 radical (unpaired) electrons. The van der Waals surface area contributed by atoms with E-state index in [2.05, 4.69) is 13.0 Å². The predicted molar refractivity (Wildman–Crippen MR) is 92.6 cm³/mol. The number of ether oxygens (including phenoxy) is 3. The van der Waals surface area contributed by atoms with Gasteiger partial charge >= 0.3 is 0 Å². The third kappa shape index (κ3) is 1.84. The summed E-state index contributed by atoms with van der Waals surface area (Å²) in [6.45, 7) is 3.52. The second-order valence-electron chi connectivity index (χ2n) is 8.93. The smallest absolute Gasteiger partial charge is 0.171 e. The average Bonchev–Trinajstić information content (AvgIpc) is 3.35. The van der Waals surface area contributed by atoms with E-state index in [1.54, 1.807) is 30.9 Å². The Morgan fingerprint density at radius 2 is 1.92 bits per heavy atom. The van der Waals surface area contributed by atoms with Gasteiger partial charge in [0.15, 0.2) is 5.79 Å². The lowest BCUT2D eigenvalue weighted by Gasteiger charge is -2.48. The van der Waals surface area contributed by atoms with Crippen molar-refractivity contribution in [2.24, 2.45) is 17.3 Å². The molecule has 1 saturated heterocycles. The van der Waals surface area contributed by atoms with Crippen LogP contribution in [0.15, 0.2) is 22.8 Å². The second-order valence-corrected chi connectivity index (χ2v) is 8.93. The van der Waals surface area contributed by atoms with Gasteiger partial charge in [0.2, 0.25) is 0 Å². The third-order valence-electron chi connectivity index (χ3n) is 8.36. The van der Waals surface area contributed by atoms with Crippen LogP contribution in [-0.2, 0) is 14.2 Å². The number of methoxy groups -OCH3 is 2. The summed E-state index contributed by atoms with van der Waals surface area (Å²) in [5.41, 5.74) is 5.58. The highest BCUT2D eigenvalue weighted by atomic mass is 16.7. The van der Waals surface area contributed by atoms with Crippen LogP contribution in [0.1, 0.15) is 58.3 Å². The molecule has 1 spiro atoms. The van der Waals surface area contributed by atoms with E-state index >= 15 is 0 Å². The Bertz CT molecular complexity index is 623. The molecule has 0 aromatic rings. The van der Waals surface area contributed by atoms with Crippen LogP contribution in [0.5, 0.6) is 0 Å². The number of fused-ring (bicyclic) bond motifs is 5. The second kappa shape index (κ2) is 4.96. The summed E-state index contributed by atoms with van der Waals surface area (Å²) in [6, 6.07) is 0. The number of rotatable bonds is 2. The molecule has 1 heterocycles. The summed E-state index contributed by atoms with van der Waals surface area (Å²) < 4.78 is 17.5. The molecule has 2 fully saturated rings. The first-order valence-corrected chi connectivity index (χ1v) is 9.72. The molecular formula is C21H30O3. The van der Waals surface area contributed by atoms with Crippen molar-refractivity contribution in [3.05, 3.63) is 22.8 Å². The van der Waals surface area contributed by atoms with Crippen molar-refractivity contribution in [3.8, 4) is 0 Å². The summed E-state index contributed by atoms with van der Waals surface area (Å²) in [6.07, 6.45) is 12.0. The van der Waals surface area contributed by atoms with E-state index in [9.17, 15) is 0 Å². The normalized spacial score (nSPS) is 45.5. The first kappa shape index (κ1) is 15.6. The molecule has 3 heteroatoms. The molecule has 1 saturated carbocycles. The molecule has 1 aliphatic heterocycles. The predicted octanol–water partition coefficient (Wildman–Crippen LogP) is 4.38. The topological polar surface area (TPSA) is 31.0 Å². The Kier molecular flexibility index (Phi) is 3.22. The highest BCUT2D eigenvalue weighted by Gasteiger charge is 2.67. The summed E-state index contributed by atoms with van der Waals surface area (Å²) in [5.74, 6) is 1.21. The van der Waals surface area contributed by atoms with Crippen LogP contribution in [0.4, 0.5) is 0 Å². The zero-order valence-corrected chi connectivity index (χ0v) is 15.3. The van der Waals surface area contributed by atoms with Gasteiger partial charge in [-0.3, -0.25) is 0 Å². The van der Waals surface area contributed by atoms with E-state index in [-0.39, 0.29) is 11.4 Å². The molecular weight excluding hydrogens is 300 g/mol. The van der Waals surface area contributed by atoms with E-state index in [4.69, 9.17) is 14.2 Å². The molecule has 0 bridgehead atoms. The average molecular weight is 330 g/mol. The molecule has 5 aliphatic rings. The van der Waals surface area contributed by atoms with Gasteiger partial charge in [0, 0.05) is 32.5 Å². The maximum Gasteiger partial charge on any atom is 0.171 e. The van der Waals surface area contributed by atoms with Crippen LogP contribution in [0.25, 0.3) is 0 Å². The lowest BCUT2D eigenvalue weighted by molar-refractivity contribution is -0.212. The minimum atomic E-state index is -0.380. The monoisotopic (exact) mass is 330 g/mol. The zero-order chi connectivity index (χ0) is 16.6. The highest BCUT2D eigenvalue weighted by molar-refractivity contribution is 5.45. The first-order valence-electron chi connectivity index (χ1n) is 9.72. The zero-order valence-electron chi connectivity index (χ0n) is 15.3. The first-order chi connectivity index (χ1) is 11.6. The van der Waals surface area contributed by atoms with E-state index in [0.717, 1.165) is 37.7 Å². The van der Waals surface area contributed by atoms with Crippen LogP contribution < -0.4 is 0 Å². The van der Waals surface area contributed by atoms with Gasteiger partial charge in [-0.2, -0.15) is 0 Å². The fraction of sp³-hybridized carbons (Fsp3) is 0.810. The minimum absolute atomic E-state index is 0.238. The Morgan fingerprint density at radius 3 is 2.62 bits per heavy atom. The van der Waals surface area contributed by atoms with Crippen molar-refractivity contribution in [3.63, 3.8) is 0 Å². The van der Waals surface area contributed by atoms with Crippen molar-refractivity contribution < 1.29 is 14.2 Å². The number of epoxide rings is 1. The number of allylic oxidation sites excluding steroid dienone is 3. The summed E-state index contributed by atoms with van der Waals surface area (Å²) in [5, 5.41) is 0. The largest absolute Gasteiger partial charge is 0.369 e. The molecule has 3 nitrogen and oxygen atoms in total. The molecule has 24 heavy (non-hydrogen) atoms. The number of hydrogen-bond donors (Lipinski definition) is 0. The van der Waals surface area contributed by atoms with Gasteiger partial charge in [0.25, 0.3) is 0 Å². The van der Waals surface area contributed by atoms with Crippen LogP contribution in [0.3, 0.4) is 0 Å². The van der Waals surface area contributed by atoms with Crippen LogP contribution in [0, 0.1) is 17.3 Å². The fourth-order valence-corrected chi connectivity index (χ4v) is 6.63. The fourth-order valence-electron chi connectivity index (χ4n) is 6.63. The molecule has 132 valence electrons. The number of hydrogen-bond acceptors (Lipinski definition) is 3. The van der Waals surface area contributed by atoms with Gasteiger partial charge in [0.1, 0.15) is 0 Å². The van der Waals surface area contributed by atoms with Gasteiger partial charge in [-0.05, 0) is 61.5 Å². The van der Waals surface area contributed by atoms with Crippen molar-refractivity contribution >= 4 is 0 Å². The molecule has 2 unspecified atom stereocenters. The minimum Gasteiger partial charge on any atom is -0.369 e. The Balaban J connectivity index is 1.49. The summed E-state index contributed by atoms with van der Waals surface area (Å²) in [7, 11) is 3.58. The van der Waals surface area contributed by atoms with Gasteiger partial charge in [-0.25, -0.2) is 0 Å². The molecule has 0 N–H and O–H groups in total. The molecule has 5 rings (SSSR count). The quantitative estimate of drug-likeness (QED) is 0.556.